The second kappa shape index (κ2) is 11.5. The smallest absolute Gasteiger partial charge is 0.227 e. The maximum absolute atomic E-state index is 13.7. The zero-order chi connectivity index (χ0) is 28.3. The number of aromatic nitrogens is 4. The number of rotatable bonds is 6. The number of aryl methyl sites for hydroxylation is 2. The van der Waals surface area contributed by atoms with Crippen molar-refractivity contribution in [2.24, 2.45) is 0 Å². The van der Waals surface area contributed by atoms with Crippen LogP contribution >= 0.6 is 0 Å². The van der Waals surface area contributed by atoms with Crippen LogP contribution in [-0.2, 0) is 17.6 Å². The molecule has 41 heavy (non-hydrogen) atoms. The third-order valence-electron chi connectivity index (χ3n) is 7.63. The number of hydrogen-bond acceptors (Lipinski definition) is 5. The fourth-order valence-electron chi connectivity index (χ4n) is 5.43. The topological polar surface area (TPSA) is 67.2 Å². The molecule has 0 radical (unpaired) electrons. The van der Waals surface area contributed by atoms with Crippen LogP contribution in [0.3, 0.4) is 0 Å². The molecule has 8 heteroatoms. The molecule has 7 nitrogen and oxygen atoms in total. The van der Waals surface area contributed by atoms with E-state index >= 15 is 0 Å². The molecule has 1 aliphatic heterocycles. The third kappa shape index (κ3) is 5.82. The van der Waals surface area contributed by atoms with Gasteiger partial charge >= 0.3 is 0 Å². The fraction of sp³-hybridized carbons (Fsp3) is 0.273. The van der Waals surface area contributed by atoms with E-state index in [1.165, 1.54) is 17.7 Å². The number of fused-ring (bicyclic) bond motifs is 1. The Morgan fingerprint density at radius 1 is 0.829 bits per heavy atom. The molecule has 1 aliphatic rings. The van der Waals surface area contributed by atoms with Crippen molar-refractivity contribution in [3.63, 3.8) is 0 Å². The maximum Gasteiger partial charge on any atom is 0.227 e. The average Bonchev–Trinajstić information content (AvgIpc) is 3.14. The van der Waals surface area contributed by atoms with Gasteiger partial charge in [-0.25, -0.2) is 19.0 Å². The zero-order valence-electron chi connectivity index (χ0n) is 23.4. The largest absolute Gasteiger partial charge is 0.354 e. The number of anilines is 1. The highest BCUT2D eigenvalue weighted by Crippen LogP contribution is 2.30. The molecule has 3 heterocycles. The molecule has 6 rings (SSSR count). The first-order valence-electron chi connectivity index (χ1n) is 14.1. The fourth-order valence-corrected chi connectivity index (χ4v) is 5.43. The molecule has 0 atom stereocenters. The van der Waals surface area contributed by atoms with Gasteiger partial charge in [-0.05, 0) is 55.7 Å². The quantitative estimate of drug-likeness (QED) is 0.283. The van der Waals surface area contributed by atoms with Gasteiger partial charge in [0.2, 0.25) is 5.91 Å². The Hall–Kier alpha value is -4.59. The van der Waals surface area contributed by atoms with Gasteiger partial charge in [-0.15, -0.1) is 0 Å². The van der Waals surface area contributed by atoms with Gasteiger partial charge in [-0.3, -0.25) is 4.79 Å². The van der Waals surface area contributed by atoms with Crippen molar-refractivity contribution in [1.29, 1.82) is 0 Å². The minimum absolute atomic E-state index is 0.145. The molecular weight excluding hydrogens is 515 g/mol. The van der Waals surface area contributed by atoms with Gasteiger partial charge in [0.25, 0.3) is 0 Å². The van der Waals surface area contributed by atoms with Crippen LogP contribution in [0.4, 0.5) is 10.2 Å². The summed E-state index contributed by atoms with van der Waals surface area (Å²) in [5, 5.41) is 5.70. The second-order valence-corrected chi connectivity index (χ2v) is 10.7. The van der Waals surface area contributed by atoms with Crippen LogP contribution < -0.4 is 4.90 Å². The lowest BCUT2D eigenvalue weighted by Gasteiger charge is -2.24. The van der Waals surface area contributed by atoms with Crippen molar-refractivity contribution in [3.8, 4) is 5.69 Å². The highest BCUT2D eigenvalue weighted by Gasteiger charge is 2.25. The summed E-state index contributed by atoms with van der Waals surface area (Å²) in [7, 11) is 0. The molecule has 208 valence electrons. The molecule has 0 N–H and O–H groups in total. The van der Waals surface area contributed by atoms with E-state index in [0.717, 1.165) is 46.7 Å². The summed E-state index contributed by atoms with van der Waals surface area (Å²) in [5.41, 5.74) is 5.60. The van der Waals surface area contributed by atoms with E-state index in [-0.39, 0.29) is 11.7 Å². The van der Waals surface area contributed by atoms with Crippen LogP contribution in [0, 0.1) is 19.7 Å². The number of benzene rings is 3. The highest BCUT2D eigenvalue weighted by atomic mass is 19.1. The predicted molar refractivity (Wildman–Crippen MR) is 159 cm³/mol. The van der Waals surface area contributed by atoms with Crippen LogP contribution in [0.15, 0.2) is 78.9 Å². The minimum atomic E-state index is -0.298. The molecule has 0 unspecified atom stereocenters. The molecule has 2 aromatic heterocycles. The predicted octanol–water partition coefficient (Wildman–Crippen LogP) is 5.44. The summed E-state index contributed by atoms with van der Waals surface area (Å²) in [5.74, 6) is 1.38. The molecule has 0 spiro atoms. The number of carbonyl (C=O) groups is 1. The van der Waals surface area contributed by atoms with Crippen LogP contribution in [0.5, 0.6) is 0 Å². The van der Waals surface area contributed by atoms with Crippen LogP contribution in [0.25, 0.3) is 16.7 Å². The lowest BCUT2D eigenvalue weighted by molar-refractivity contribution is -0.130. The molecule has 0 bridgehead atoms. The Bertz CT molecular complexity index is 1660. The molecule has 3 aromatic carbocycles. The average molecular weight is 549 g/mol. The Labute approximate surface area is 239 Å². The highest BCUT2D eigenvalue weighted by molar-refractivity contribution is 5.91. The molecule has 0 saturated carbocycles. The van der Waals surface area contributed by atoms with Crippen molar-refractivity contribution in [1.82, 2.24) is 24.6 Å². The molecule has 1 amide bonds. The lowest BCUT2D eigenvalue weighted by Crippen LogP contribution is -2.36. The van der Waals surface area contributed by atoms with E-state index < -0.39 is 0 Å². The summed E-state index contributed by atoms with van der Waals surface area (Å²) < 4.78 is 15.5. The van der Waals surface area contributed by atoms with Gasteiger partial charge in [0.15, 0.2) is 5.65 Å². The van der Waals surface area contributed by atoms with Crippen LogP contribution in [0.1, 0.15) is 34.6 Å². The summed E-state index contributed by atoms with van der Waals surface area (Å²) in [6, 6.07) is 24.6. The van der Waals surface area contributed by atoms with E-state index in [9.17, 15) is 9.18 Å². The molecule has 1 fully saturated rings. The van der Waals surface area contributed by atoms with Gasteiger partial charge < -0.3 is 9.80 Å². The van der Waals surface area contributed by atoms with E-state index in [2.05, 4.69) is 36.1 Å². The summed E-state index contributed by atoms with van der Waals surface area (Å²) >= 11 is 0. The number of hydrogen-bond donors (Lipinski definition) is 0. The molecule has 5 aromatic rings. The Kier molecular flexibility index (Phi) is 7.46. The van der Waals surface area contributed by atoms with Gasteiger partial charge in [-0.1, -0.05) is 60.2 Å². The zero-order valence-corrected chi connectivity index (χ0v) is 23.4. The molecule has 0 aliphatic carbocycles. The first kappa shape index (κ1) is 26.6. The number of nitrogens with zero attached hydrogens (tertiary/aromatic N) is 6. The van der Waals surface area contributed by atoms with Gasteiger partial charge in [0.1, 0.15) is 17.5 Å². The molecular formula is C33H33FN6O. The summed E-state index contributed by atoms with van der Waals surface area (Å²) in [6.45, 7) is 6.80. The van der Waals surface area contributed by atoms with E-state index in [1.807, 2.05) is 42.2 Å². The van der Waals surface area contributed by atoms with Crippen molar-refractivity contribution >= 4 is 22.8 Å². The SMILES string of the molecule is Cc1ccc(Cc2nc(N3CCCN(C(=O)Cc4ccccc4)CC3)c3c(C)nn(-c4ccc(F)cc4)c3n2)cc1. The normalized spacial score (nSPS) is 13.9. The van der Waals surface area contributed by atoms with Gasteiger partial charge in [0, 0.05) is 32.6 Å². The number of amides is 1. The van der Waals surface area contributed by atoms with Crippen LogP contribution in [-0.4, -0.2) is 56.7 Å². The van der Waals surface area contributed by atoms with E-state index in [0.29, 0.717) is 43.9 Å². The Balaban J connectivity index is 1.35. The first-order chi connectivity index (χ1) is 19.9. The van der Waals surface area contributed by atoms with E-state index in [4.69, 9.17) is 15.1 Å². The number of halogens is 1. The summed E-state index contributed by atoms with van der Waals surface area (Å²) in [6.07, 6.45) is 1.82. The number of carbonyl (C=O) groups excluding carboxylic acids is 1. The molecule has 1 saturated heterocycles. The van der Waals surface area contributed by atoms with Gasteiger partial charge in [-0.2, -0.15) is 5.10 Å². The first-order valence-corrected chi connectivity index (χ1v) is 14.1. The third-order valence-corrected chi connectivity index (χ3v) is 7.63. The van der Waals surface area contributed by atoms with Crippen LogP contribution in [0.2, 0.25) is 0 Å². The van der Waals surface area contributed by atoms with Crippen molar-refractivity contribution in [3.05, 3.63) is 113 Å². The monoisotopic (exact) mass is 548 g/mol. The Morgan fingerprint density at radius 3 is 2.34 bits per heavy atom. The summed E-state index contributed by atoms with van der Waals surface area (Å²) in [4.78, 5) is 27.5. The standard InChI is InChI=1S/C33H33FN6O/c1-23-9-11-26(12-10-23)21-29-35-32(31-24(2)37-40(33(31)36-29)28-15-13-27(34)14-16-28)39-18-6-17-38(19-20-39)30(41)22-25-7-4-3-5-8-25/h3-5,7-16H,6,17-22H2,1-2H3. The minimum Gasteiger partial charge on any atom is -0.354 e. The van der Waals surface area contributed by atoms with Gasteiger partial charge in [0.05, 0.1) is 23.2 Å². The Morgan fingerprint density at radius 2 is 1.59 bits per heavy atom. The van der Waals surface area contributed by atoms with E-state index in [1.54, 1.807) is 16.8 Å². The van der Waals surface area contributed by atoms with Crippen molar-refractivity contribution in [2.45, 2.75) is 33.1 Å². The van der Waals surface area contributed by atoms with Crippen molar-refractivity contribution in [2.75, 3.05) is 31.1 Å². The van der Waals surface area contributed by atoms with Crippen molar-refractivity contribution < 1.29 is 9.18 Å². The maximum atomic E-state index is 13.7. The lowest BCUT2D eigenvalue weighted by atomic mass is 10.1. The second-order valence-electron chi connectivity index (χ2n) is 10.7.